The van der Waals surface area contributed by atoms with Gasteiger partial charge in [-0.1, -0.05) is 23.9 Å². The third-order valence-corrected chi connectivity index (χ3v) is 3.39. The zero-order valence-corrected chi connectivity index (χ0v) is 11.8. The Morgan fingerprint density at radius 1 is 1.26 bits per heavy atom. The maximum atomic E-state index is 13.6. The van der Waals surface area contributed by atoms with Crippen LogP contribution in [-0.2, 0) is 0 Å². The average molecular weight is 349 g/mol. The van der Waals surface area contributed by atoms with Gasteiger partial charge in [0, 0.05) is 15.6 Å². The monoisotopic (exact) mass is 348 g/mol. The molecule has 19 heavy (non-hydrogen) atoms. The topological polar surface area (TPSA) is 24.9 Å². The highest BCUT2D eigenvalue weighted by molar-refractivity contribution is 9.10. The van der Waals surface area contributed by atoms with Crippen LogP contribution in [0.4, 0.5) is 24.7 Å². The number of benzene rings is 1. The van der Waals surface area contributed by atoms with Crippen LogP contribution in [0.15, 0.2) is 45.9 Å². The molecule has 0 aliphatic rings. The Bertz CT molecular complexity index is 581. The molecule has 1 heterocycles. The van der Waals surface area contributed by atoms with Crippen molar-refractivity contribution >= 4 is 39.2 Å². The fourth-order valence-electron chi connectivity index (χ4n) is 1.40. The van der Waals surface area contributed by atoms with Gasteiger partial charge in [-0.3, -0.25) is 0 Å². The van der Waals surface area contributed by atoms with E-state index in [1.54, 1.807) is 18.2 Å². The van der Waals surface area contributed by atoms with Crippen LogP contribution in [0, 0.1) is 5.82 Å². The first kappa shape index (κ1) is 14.2. The van der Waals surface area contributed by atoms with Gasteiger partial charge in [-0.25, -0.2) is 9.37 Å². The van der Waals surface area contributed by atoms with E-state index in [1.807, 2.05) is 0 Å². The second kappa shape index (κ2) is 6.29. The van der Waals surface area contributed by atoms with Crippen LogP contribution in [0.2, 0.25) is 0 Å². The van der Waals surface area contributed by atoms with Gasteiger partial charge in [0.05, 0.1) is 5.69 Å². The zero-order valence-electron chi connectivity index (χ0n) is 9.41. The van der Waals surface area contributed by atoms with Gasteiger partial charge in [-0.05, 0) is 34.1 Å². The smallest absolute Gasteiger partial charge is 0.288 e. The molecule has 0 atom stereocenters. The number of rotatable bonds is 4. The summed E-state index contributed by atoms with van der Waals surface area (Å²) in [6.07, 6.45) is 1.42. The van der Waals surface area contributed by atoms with Crippen molar-refractivity contribution < 1.29 is 13.2 Å². The van der Waals surface area contributed by atoms with Gasteiger partial charge in [0.25, 0.3) is 5.76 Å². The van der Waals surface area contributed by atoms with Crippen LogP contribution in [0.5, 0.6) is 0 Å². The quantitative estimate of drug-likeness (QED) is 0.783. The van der Waals surface area contributed by atoms with E-state index in [0.717, 1.165) is 0 Å². The fourth-order valence-corrected chi connectivity index (χ4v) is 2.30. The molecule has 0 bridgehead atoms. The Balaban J connectivity index is 2.27. The fraction of sp³-hybridized carbons (Fsp3) is 0.0833. The third kappa shape index (κ3) is 3.87. The number of hydrogen-bond acceptors (Lipinski definition) is 3. The lowest BCUT2D eigenvalue weighted by Crippen LogP contribution is -1.98. The summed E-state index contributed by atoms with van der Waals surface area (Å²) in [4.78, 5) is 4.20. The minimum atomic E-state index is -2.54. The Morgan fingerprint density at radius 2 is 2.00 bits per heavy atom. The summed E-state index contributed by atoms with van der Waals surface area (Å²) >= 11 is 3.49. The average Bonchev–Trinajstić information content (AvgIpc) is 2.34. The highest BCUT2D eigenvalue weighted by atomic mass is 79.9. The van der Waals surface area contributed by atoms with Crippen LogP contribution in [0.1, 0.15) is 0 Å². The molecule has 1 aromatic carbocycles. The molecule has 100 valence electrons. The largest absolute Gasteiger partial charge is 0.337 e. The second-order valence-corrected chi connectivity index (χ2v) is 5.43. The van der Waals surface area contributed by atoms with Crippen LogP contribution in [0.25, 0.3) is 0 Å². The molecule has 2 rings (SSSR count). The Hall–Kier alpha value is -1.21. The van der Waals surface area contributed by atoms with Gasteiger partial charge in [-0.15, -0.1) is 0 Å². The number of nitrogens with zero attached hydrogens (tertiary/aromatic N) is 1. The molecular formula is C12H8BrF3N2S. The summed E-state index contributed by atoms with van der Waals surface area (Å²) in [5.41, 5.74) is 0.390. The van der Waals surface area contributed by atoms with E-state index < -0.39 is 11.6 Å². The predicted octanol–water partition coefficient (Wildman–Crippen LogP) is 5.04. The van der Waals surface area contributed by atoms with Gasteiger partial charge in [0.15, 0.2) is 11.6 Å². The number of thioether (sulfide) groups is 1. The van der Waals surface area contributed by atoms with E-state index in [2.05, 4.69) is 26.2 Å². The molecule has 0 fully saturated rings. The van der Waals surface area contributed by atoms with Gasteiger partial charge in [-0.2, -0.15) is 8.78 Å². The number of hydrogen-bond donors (Lipinski definition) is 1. The number of anilines is 2. The first-order chi connectivity index (χ1) is 9.06. The molecule has 0 radical (unpaired) electrons. The van der Waals surface area contributed by atoms with E-state index in [4.69, 9.17) is 0 Å². The molecule has 2 nitrogen and oxygen atoms in total. The van der Waals surface area contributed by atoms with Crippen molar-refractivity contribution in [1.82, 2.24) is 4.98 Å². The van der Waals surface area contributed by atoms with E-state index >= 15 is 0 Å². The first-order valence-electron chi connectivity index (χ1n) is 5.18. The van der Waals surface area contributed by atoms with Crippen molar-refractivity contribution in [3.05, 3.63) is 46.8 Å². The van der Waals surface area contributed by atoms with Crippen molar-refractivity contribution in [3.63, 3.8) is 0 Å². The molecule has 1 aromatic heterocycles. The van der Waals surface area contributed by atoms with E-state index in [-0.39, 0.29) is 5.82 Å². The normalized spacial score (nSPS) is 10.8. The molecule has 0 aliphatic carbocycles. The van der Waals surface area contributed by atoms with Gasteiger partial charge in [0.1, 0.15) is 0 Å². The van der Waals surface area contributed by atoms with Gasteiger partial charge < -0.3 is 5.32 Å². The lowest BCUT2D eigenvalue weighted by molar-refractivity contribution is 0.252. The molecule has 0 saturated heterocycles. The highest BCUT2D eigenvalue weighted by Gasteiger charge is 2.11. The Kier molecular flexibility index (Phi) is 4.71. The summed E-state index contributed by atoms with van der Waals surface area (Å²) in [5, 5.41) is 2.71. The first-order valence-corrected chi connectivity index (χ1v) is 6.85. The number of aromatic nitrogens is 1. The number of nitrogens with one attached hydrogen (secondary N) is 1. The highest BCUT2D eigenvalue weighted by Crippen LogP contribution is 2.33. The lowest BCUT2D eigenvalue weighted by atomic mass is 10.3. The van der Waals surface area contributed by atoms with Crippen molar-refractivity contribution in [3.8, 4) is 0 Å². The summed E-state index contributed by atoms with van der Waals surface area (Å²) in [5.74, 6) is -3.11. The van der Waals surface area contributed by atoms with Gasteiger partial charge >= 0.3 is 0 Å². The SMILES string of the molecule is Fc1cc(Br)cnc1Nc1ccccc1SC(F)F. The van der Waals surface area contributed by atoms with E-state index in [9.17, 15) is 13.2 Å². The standard InChI is InChI=1S/C12H8BrF3N2S/c13-7-5-8(14)11(17-6-7)18-9-3-1-2-4-10(9)19-12(15)16/h1-6,12H,(H,17,18). The number of alkyl halides is 2. The zero-order chi connectivity index (χ0) is 13.8. The summed E-state index contributed by atoms with van der Waals surface area (Å²) in [7, 11) is 0. The van der Waals surface area contributed by atoms with Crippen LogP contribution in [-0.4, -0.2) is 10.7 Å². The molecule has 0 unspecified atom stereocenters. The maximum absolute atomic E-state index is 13.6. The number of para-hydroxylation sites is 1. The van der Waals surface area contributed by atoms with Crippen molar-refractivity contribution in [2.75, 3.05) is 5.32 Å². The predicted molar refractivity (Wildman–Crippen MR) is 73.5 cm³/mol. The molecular weight excluding hydrogens is 341 g/mol. The summed E-state index contributed by atoms with van der Waals surface area (Å²) < 4.78 is 38.9. The Labute approximate surface area is 120 Å². The minimum absolute atomic E-state index is 0.00878. The van der Waals surface area contributed by atoms with Crippen LogP contribution >= 0.6 is 27.7 Å². The molecule has 0 spiro atoms. The molecule has 1 N–H and O–H groups in total. The van der Waals surface area contributed by atoms with Gasteiger partial charge in [0.2, 0.25) is 0 Å². The van der Waals surface area contributed by atoms with Crippen molar-refractivity contribution in [2.24, 2.45) is 0 Å². The number of halogens is 4. The second-order valence-electron chi connectivity index (χ2n) is 3.48. The maximum Gasteiger partial charge on any atom is 0.288 e. The lowest BCUT2D eigenvalue weighted by Gasteiger charge is -2.11. The Morgan fingerprint density at radius 3 is 2.68 bits per heavy atom. The van der Waals surface area contributed by atoms with Crippen molar-refractivity contribution in [2.45, 2.75) is 10.7 Å². The molecule has 0 saturated carbocycles. The van der Waals surface area contributed by atoms with Crippen LogP contribution < -0.4 is 5.32 Å². The summed E-state index contributed by atoms with van der Waals surface area (Å²) in [6.45, 7) is 0. The third-order valence-electron chi connectivity index (χ3n) is 2.16. The minimum Gasteiger partial charge on any atom is -0.337 e. The summed E-state index contributed by atoms with van der Waals surface area (Å²) in [6, 6.07) is 7.69. The van der Waals surface area contributed by atoms with Crippen molar-refractivity contribution in [1.29, 1.82) is 0 Å². The molecule has 0 aliphatic heterocycles. The number of pyridine rings is 1. The van der Waals surface area contributed by atoms with Crippen LogP contribution in [0.3, 0.4) is 0 Å². The molecule has 7 heteroatoms. The van der Waals surface area contributed by atoms with E-state index in [1.165, 1.54) is 18.3 Å². The van der Waals surface area contributed by atoms with E-state index in [0.29, 0.717) is 26.8 Å². The molecule has 0 amide bonds. The molecule has 2 aromatic rings.